The van der Waals surface area contributed by atoms with E-state index in [1.807, 2.05) is 60.7 Å². The van der Waals surface area contributed by atoms with Gasteiger partial charge in [-0.05, 0) is 72.4 Å². The van der Waals surface area contributed by atoms with Crippen molar-refractivity contribution in [1.29, 1.82) is 0 Å². The summed E-state index contributed by atoms with van der Waals surface area (Å²) in [6.45, 7) is 0.0615. The summed E-state index contributed by atoms with van der Waals surface area (Å²) in [4.78, 5) is 51.8. The van der Waals surface area contributed by atoms with Crippen molar-refractivity contribution in [3.63, 3.8) is 0 Å². The molecule has 1 aliphatic rings. The molecule has 5 N–H and O–H groups in total. The first-order valence-corrected chi connectivity index (χ1v) is 13.3. The van der Waals surface area contributed by atoms with Gasteiger partial charge in [0.1, 0.15) is 11.5 Å². The third kappa shape index (κ3) is 7.35. The Morgan fingerprint density at radius 3 is 1.93 bits per heavy atom. The van der Waals surface area contributed by atoms with E-state index in [0.717, 1.165) is 36.1 Å². The zero-order valence-electron chi connectivity index (χ0n) is 23.9. The Morgan fingerprint density at radius 2 is 1.27 bits per heavy atom. The van der Waals surface area contributed by atoms with E-state index in [4.69, 9.17) is 4.74 Å². The van der Waals surface area contributed by atoms with Gasteiger partial charge in [-0.3, -0.25) is 4.79 Å². The van der Waals surface area contributed by atoms with Crippen molar-refractivity contribution in [3.8, 4) is 11.5 Å². The number of hydrogen-bond acceptors (Lipinski definition) is 5. The number of carboxylic acid groups (broad SMARTS) is 3. The molecule has 44 heavy (non-hydrogen) atoms. The number of carboxylic acids is 3. The number of aromatic carboxylic acids is 3. The van der Waals surface area contributed by atoms with Crippen molar-refractivity contribution in [2.75, 3.05) is 0 Å². The van der Waals surface area contributed by atoms with Crippen molar-refractivity contribution >= 4 is 23.8 Å². The van der Waals surface area contributed by atoms with Gasteiger partial charge in [0.25, 0.3) is 5.91 Å². The molecule has 4 aromatic rings. The van der Waals surface area contributed by atoms with Gasteiger partial charge in [-0.15, -0.1) is 0 Å². The maximum atomic E-state index is 14.3. The molecule has 1 amide bonds. The SMILES string of the molecule is O.O=C(O)c1cc(C(=O)O)c(C(=O)N(Cc2cccc(Oc3ccccc3)c2)[C@H]2CCCc3ccccc32)cc1C(=O)O.[Na+]. The Kier molecular flexibility index (Phi) is 11.4. The van der Waals surface area contributed by atoms with Crippen molar-refractivity contribution in [1.82, 2.24) is 4.90 Å². The van der Waals surface area contributed by atoms with Crippen LogP contribution in [0.2, 0.25) is 0 Å². The van der Waals surface area contributed by atoms with Crippen LogP contribution in [0.3, 0.4) is 0 Å². The average molecular weight is 607 g/mol. The second kappa shape index (κ2) is 14.8. The second-order valence-electron chi connectivity index (χ2n) is 9.96. The third-order valence-electron chi connectivity index (χ3n) is 7.28. The van der Waals surface area contributed by atoms with Crippen LogP contribution in [0.25, 0.3) is 0 Å². The summed E-state index contributed by atoms with van der Waals surface area (Å²) in [5.74, 6) is -4.28. The maximum Gasteiger partial charge on any atom is 1.00 e. The molecule has 0 radical (unpaired) electrons. The molecule has 0 fully saturated rings. The first-order chi connectivity index (χ1) is 20.2. The molecule has 1 aliphatic carbocycles. The molecule has 0 aliphatic heterocycles. The van der Waals surface area contributed by atoms with Gasteiger partial charge in [-0.2, -0.15) is 0 Å². The first kappa shape index (κ1) is 34.0. The van der Waals surface area contributed by atoms with Crippen LogP contribution in [0.1, 0.15) is 77.0 Å². The number of ether oxygens (including phenoxy) is 1. The van der Waals surface area contributed by atoms with E-state index in [9.17, 15) is 34.5 Å². The molecule has 5 rings (SSSR count). The quantitative estimate of drug-likeness (QED) is 0.244. The molecule has 0 spiro atoms. The largest absolute Gasteiger partial charge is 1.00 e. The Balaban J connectivity index is 0.00000264. The molecular weight excluding hydrogens is 577 g/mol. The minimum Gasteiger partial charge on any atom is -0.478 e. The van der Waals surface area contributed by atoms with E-state index < -0.39 is 52.1 Å². The first-order valence-electron chi connectivity index (χ1n) is 13.3. The molecule has 220 valence electrons. The fraction of sp³-hybridized carbons (Fsp3) is 0.152. The molecule has 0 saturated heterocycles. The minimum atomic E-state index is -1.61. The van der Waals surface area contributed by atoms with Gasteiger partial charge >= 0.3 is 47.5 Å². The fourth-order valence-electron chi connectivity index (χ4n) is 5.37. The van der Waals surface area contributed by atoms with E-state index in [-0.39, 0.29) is 41.6 Å². The zero-order valence-corrected chi connectivity index (χ0v) is 25.9. The second-order valence-corrected chi connectivity index (χ2v) is 9.96. The monoisotopic (exact) mass is 606 g/mol. The number of carbonyl (C=O) groups is 4. The van der Waals surface area contributed by atoms with Crippen LogP contribution in [0.4, 0.5) is 0 Å². The summed E-state index contributed by atoms with van der Waals surface area (Å²) in [5, 5.41) is 29.2. The van der Waals surface area contributed by atoms with Crippen LogP contribution < -0.4 is 34.3 Å². The van der Waals surface area contributed by atoms with Gasteiger partial charge < -0.3 is 30.4 Å². The van der Waals surface area contributed by atoms with Crippen molar-refractivity contribution in [2.45, 2.75) is 31.8 Å². The van der Waals surface area contributed by atoms with Gasteiger partial charge in [-0.25, -0.2) is 14.4 Å². The molecule has 0 heterocycles. The summed E-state index contributed by atoms with van der Waals surface area (Å²) < 4.78 is 5.97. The van der Waals surface area contributed by atoms with Crippen molar-refractivity contribution < 1.29 is 74.3 Å². The van der Waals surface area contributed by atoms with Gasteiger partial charge in [0.15, 0.2) is 0 Å². The number of benzene rings is 4. The summed E-state index contributed by atoms with van der Waals surface area (Å²) >= 11 is 0. The number of amides is 1. The van der Waals surface area contributed by atoms with Crippen LogP contribution in [-0.4, -0.2) is 49.5 Å². The Bertz CT molecular complexity index is 1690. The number of rotatable bonds is 9. The molecule has 11 heteroatoms. The number of hydrogen-bond donors (Lipinski definition) is 3. The zero-order chi connectivity index (χ0) is 29.8. The van der Waals surface area contributed by atoms with Crippen molar-refractivity contribution in [3.05, 3.63) is 130 Å². The smallest absolute Gasteiger partial charge is 0.478 e. The predicted molar refractivity (Wildman–Crippen MR) is 156 cm³/mol. The fourth-order valence-corrected chi connectivity index (χ4v) is 5.37. The predicted octanol–water partition coefficient (Wildman–Crippen LogP) is 2.47. The third-order valence-corrected chi connectivity index (χ3v) is 7.28. The van der Waals surface area contributed by atoms with Gasteiger partial charge in [0.05, 0.1) is 28.3 Å². The molecule has 0 bridgehead atoms. The maximum absolute atomic E-state index is 14.3. The van der Waals surface area contributed by atoms with E-state index in [1.54, 1.807) is 18.2 Å². The number of aryl methyl sites for hydroxylation is 1. The Morgan fingerprint density at radius 1 is 0.705 bits per heavy atom. The summed E-state index contributed by atoms with van der Waals surface area (Å²) in [6.07, 6.45) is 2.21. The van der Waals surface area contributed by atoms with Gasteiger partial charge in [0, 0.05) is 6.54 Å². The van der Waals surface area contributed by atoms with Gasteiger partial charge in [0.2, 0.25) is 0 Å². The molecule has 0 aromatic heterocycles. The average Bonchev–Trinajstić information content (AvgIpc) is 2.99. The van der Waals surface area contributed by atoms with E-state index in [1.165, 1.54) is 4.90 Å². The molecule has 1 atom stereocenters. The minimum absolute atomic E-state index is 0. The molecule has 0 saturated carbocycles. The number of nitrogens with zero attached hydrogens (tertiary/aromatic N) is 1. The number of carbonyl (C=O) groups excluding carboxylic acids is 1. The summed E-state index contributed by atoms with van der Waals surface area (Å²) in [6, 6.07) is 25.3. The Labute approximate surface area is 275 Å². The molecular formula is C33H29NNaO9+. The molecule has 4 aromatic carbocycles. The molecule has 0 unspecified atom stereocenters. The Hall–Kier alpha value is -4.48. The van der Waals surface area contributed by atoms with Crippen LogP contribution in [0.15, 0.2) is 91.0 Å². The van der Waals surface area contributed by atoms with Crippen LogP contribution >= 0.6 is 0 Å². The standard InChI is InChI=1S/C33H27NO8.Na.H2O/c35-30(25-17-27(32(38)39)28(33(40)41)18-26(25)31(36)37)34(29-15-7-10-21-9-4-5-14-24(21)29)19-20-8-6-13-23(16-20)42-22-11-2-1-3-12-22;;/h1-6,8-9,11-14,16-18,29H,7,10,15,19H2,(H,36,37)(H,38,39)(H,40,41);;1H2/q;+1;/t29-;;/m0../s1. The summed E-state index contributed by atoms with van der Waals surface area (Å²) in [7, 11) is 0. The topological polar surface area (TPSA) is 173 Å². The van der Waals surface area contributed by atoms with Crippen LogP contribution in [0, 0.1) is 0 Å². The number of fused-ring (bicyclic) bond motifs is 1. The van der Waals surface area contributed by atoms with E-state index >= 15 is 0 Å². The summed E-state index contributed by atoms with van der Waals surface area (Å²) in [5.41, 5.74) is 0.333. The van der Waals surface area contributed by atoms with Gasteiger partial charge in [-0.1, -0.05) is 54.6 Å². The normalized spacial score (nSPS) is 13.3. The van der Waals surface area contributed by atoms with E-state index in [2.05, 4.69) is 0 Å². The molecule has 10 nitrogen and oxygen atoms in total. The van der Waals surface area contributed by atoms with Crippen molar-refractivity contribution in [2.24, 2.45) is 0 Å². The van der Waals surface area contributed by atoms with Crippen LogP contribution in [0.5, 0.6) is 11.5 Å². The van der Waals surface area contributed by atoms with E-state index in [0.29, 0.717) is 23.5 Å². The number of para-hydroxylation sites is 1. The van der Waals surface area contributed by atoms with Crippen LogP contribution in [-0.2, 0) is 13.0 Å².